The zero-order valence-electron chi connectivity index (χ0n) is 19.8. The lowest BCUT2D eigenvalue weighted by molar-refractivity contribution is 0.0784. The van der Waals surface area contributed by atoms with Crippen LogP contribution in [-0.2, 0) is 11.5 Å². The molecule has 5 aromatic rings. The Balaban J connectivity index is 1.65. The lowest BCUT2D eigenvalue weighted by Crippen LogP contribution is -2.22. The SMILES string of the molecule is COc1cccc2c1c(-c1cnnn1COCC[Si](C)(C)C)nn1c(-c3cc(C)on3)nnc21. The molecule has 0 aliphatic carbocycles. The van der Waals surface area contributed by atoms with Gasteiger partial charge in [-0.05, 0) is 19.0 Å². The molecule has 0 bridgehead atoms. The number of aryl methyl sites for hydroxylation is 1. The highest BCUT2D eigenvalue weighted by Gasteiger charge is 2.23. The quantitative estimate of drug-likeness (QED) is 0.242. The molecule has 5 rings (SSSR count). The summed E-state index contributed by atoms with van der Waals surface area (Å²) in [4.78, 5) is 0. The Bertz CT molecular complexity index is 1470. The van der Waals surface area contributed by atoms with E-state index < -0.39 is 8.07 Å². The third-order valence-corrected chi connectivity index (χ3v) is 7.20. The molecule has 0 aliphatic rings. The summed E-state index contributed by atoms with van der Waals surface area (Å²) in [6.07, 6.45) is 1.67. The normalized spacial score (nSPS) is 12.1. The van der Waals surface area contributed by atoms with E-state index in [1.165, 1.54) is 0 Å². The molecule has 4 aromatic heterocycles. The number of fused-ring (bicyclic) bond motifs is 3. The van der Waals surface area contributed by atoms with Crippen molar-refractivity contribution in [2.75, 3.05) is 13.7 Å². The van der Waals surface area contributed by atoms with E-state index in [0.717, 1.165) is 16.8 Å². The van der Waals surface area contributed by atoms with Crippen LogP contribution in [0, 0.1) is 6.92 Å². The third kappa shape index (κ3) is 4.05. The van der Waals surface area contributed by atoms with Gasteiger partial charge in [-0.1, -0.05) is 42.1 Å². The van der Waals surface area contributed by atoms with Crippen LogP contribution in [0.15, 0.2) is 35.0 Å². The summed E-state index contributed by atoms with van der Waals surface area (Å²) >= 11 is 0. The second kappa shape index (κ2) is 8.61. The molecule has 4 heterocycles. The van der Waals surface area contributed by atoms with Crippen LogP contribution in [0.5, 0.6) is 5.75 Å². The number of nitrogens with zero attached hydrogens (tertiary/aromatic N) is 8. The predicted molar refractivity (Wildman–Crippen MR) is 128 cm³/mol. The number of hydrogen-bond donors (Lipinski definition) is 0. The zero-order chi connectivity index (χ0) is 23.9. The van der Waals surface area contributed by atoms with Crippen molar-refractivity contribution in [3.8, 4) is 28.7 Å². The van der Waals surface area contributed by atoms with Gasteiger partial charge in [0.25, 0.3) is 0 Å². The first-order valence-electron chi connectivity index (χ1n) is 11.0. The minimum absolute atomic E-state index is 0.272. The van der Waals surface area contributed by atoms with Gasteiger partial charge in [-0.3, -0.25) is 0 Å². The van der Waals surface area contributed by atoms with Crippen molar-refractivity contribution in [1.82, 2.24) is 40.0 Å². The Labute approximate surface area is 196 Å². The molecule has 12 heteroatoms. The molecular formula is C22H26N8O3Si. The number of aromatic nitrogens is 8. The standard InChI is InChI=1S/C22H26N8O3Si/c1-14-11-16(27-33-14)22-25-24-21-15-7-6-8-18(31-2)19(15)20(26-30(21)22)17-12-23-28-29(17)13-32-9-10-34(3,4)5/h6-8,11-12H,9-10,13H2,1-5H3. The maximum Gasteiger partial charge on any atom is 0.207 e. The van der Waals surface area contributed by atoms with E-state index in [2.05, 4.69) is 45.3 Å². The predicted octanol–water partition coefficient (Wildman–Crippen LogP) is 3.82. The largest absolute Gasteiger partial charge is 0.496 e. The molecule has 0 atom stereocenters. The first-order valence-corrected chi connectivity index (χ1v) is 14.7. The smallest absolute Gasteiger partial charge is 0.207 e. The van der Waals surface area contributed by atoms with E-state index in [4.69, 9.17) is 19.1 Å². The molecule has 34 heavy (non-hydrogen) atoms. The Morgan fingerprint density at radius 2 is 2.00 bits per heavy atom. The van der Waals surface area contributed by atoms with Crippen LogP contribution in [0.3, 0.4) is 0 Å². The van der Waals surface area contributed by atoms with E-state index in [1.807, 2.05) is 25.1 Å². The lowest BCUT2D eigenvalue weighted by atomic mass is 10.1. The maximum atomic E-state index is 5.94. The summed E-state index contributed by atoms with van der Waals surface area (Å²) in [5.74, 6) is 1.81. The minimum atomic E-state index is -1.20. The van der Waals surface area contributed by atoms with Crippen LogP contribution in [0.2, 0.25) is 25.7 Å². The van der Waals surface area contributed by atoms with E-state index >= 15 is 0 Å². The summed E-state index contributed by atoms with van der Waals surface area (Å²) in [7, 11) is 0.435. The molecule has 0 radical (unpaired) electrons. The maximum absolute atomic E-state index is 5.94. The molecule has 0 aliphatic heterocycles. The fraction of sp³-hybridized carbons (Fsp3) is 0.364. The van der Waals surface area contributed by atoms with Crippen LogP contribution in [-0.4, -0.2) is 61.8 Å². The molecule has 0 saturated heterocycles. The molecule has 0 saturated carbocycles. The fourth-order valence-electron chi connectivity index (χ4n) is 3.70. The van der Waals surface area contributed by atoms with Gasteiger partial charge in [-0.25, -0.2) is 4.68 Å². The summed E-state index contributed by atoms with van der Waals surface area (Å²) in [6, 6.07) is 8.63. The third-order valence-electron chi connectivity index (χ3n) is 5.49. The van der Waals surface area contributed by atoms with Crippen molar-refractivity contribution in [2.45, 2.75) is 39.3 Å². The first-order chi connectivity index (χ1) is 16.4. The average Bonchev–Trinajstić information content (AvgIpc) is 3.54. The first kappa shape index (κ1) is 22.2. The van der Waals surface area contributed by atoms with Crippen molar-refractivity contribution in [2.24, 2.45) is 0 Å². The van der Waals surface area contributed by atoms with Crippen molar-refractivity contribution < 1.29 is 14.0 Å². The molecule has 176 valence electrons. The molecule has 0 N–H and O–H groups in total. The van der Waals surface area contributed by atoms with Crippen molar-refractivity contribution >= 4 is 24.5 Å². The van der Waals surface area contributed by atoms with Crippen LogP contribution in [0.1, 0.15) is 5.76 Å². The molecule has 0 unspecified atom stereocenters. The van der Waals surface area contributed by atoms with Crippen LogP contribution in [0.25, 0.3) is 39.3 Å². The monoisotopic (exact) mass is 478 g/mol. The Kier molecular flexibility index (Phi) is 5.61. The van der Waals surface area contributed by atoms with E-state index in [9.17, 15) is 0 Å². The van der Waals surface area contributed by atoms with Crippen LogP contribution >= 0.6 is 0 Å². The molecule has 0 amide bonds. The van der Waals surface area contributed by atoms with Gasteiger partial charge in [0.15, 0.2) is 11.3 Å². The highest BCUT2D eigenvalue weighted by Crippen LogP contribution is 2.36. The van der Waals surface area contributed by atoms with Crippen molar-refractivity contribution in [1.29, 1.82) is 0 Å². The van der Waals surface area contributed by atoms with Gasteiger partial charge >= 0.3 is 0 Å². The Morgan fingerprint density at radius 1 is 1.15 bits per heavy atom. The lowest BCUT2D eigenvalue weighted by Gasteiger charge is -2.16. The second-order valence-electron chi connectivity index (χ2n) is 9.28. The summed E-state index contributed by atoms with van der Waals surface area (Å²) in [5, 5.41) is 27.7. The summed E-state index contributed by atoms with van der Waals surface area (Å²) < 4.78 is 20.2. The highest BCUT2D eigenvalue weighted by atomic mass is 28.3. The van der Waals surface area contributed by atoms with Gasteiger partial charge in [-0.2, -0.15) is 9.61 Å². The van der Waals surface area contributed by atoms with Crippen molar-refractivity contribution in [3.05, 3.63) is 36.2 Å². The second-order valence-corrected chi connectivity index (χ2v) is 14.9. The fourth-order valence-corrected chi connectivity index (χ4v) is 4.46. The zero-order valence-corrected chi connectivity index (χ0v) is 20.8. The average molecular weight is 479 g/mol. The van der Waals surface area contributed by atoms with Crippen LogP contribution < -0.4 is 4.74 Å². The molecule has 11 nitrogen and oxygen atoms in total. The van der Waals surface area contributed by atoms with E-state index in [0.29, 0.717) is 46.7 Å². The van der Waals surface area contributed by atoms with Gasteiger partial charge in [0, 0.05) is 26.1 Å². The van der Waals surface area contributed by atoms with Gasteiger partial charge in [0.1, 0.15) is 29.6 Å². The minimum Gasteiger partial charge on any atom is -0.496 e. The number of rotatable bonds is 8. The number of hydrogen-bond acceptors (Lipinski definition) is 9. The highest BCUT2D eigenvalue weighted by molar-refractivity contribution is 6.76. The number of methoxy groups -OCH3 is 1. The van der Waals surface area contributed by atoms with Gasteiger partial charge in [0.05, 0.1) is 18.7 Å². The van der Waals surface area contributed by atoms with Gasteiger partial charge < -0.3 is 14.0 Å². The Hall–Kier alpha value is -3.64. The summed E-state index contributed by atoms with van der Waals surface area (Å²) in [5.41, 5.74) is 2.45. The van der Waals surface area contributed by atoms with E-state index in [-0.39, 0.29) is 6.73 Å². The van der Waals surface area contributed by atoms with Gasteiger partial charge in [0.2, 0.25) is 5.82 Å². The van der Waals surface area contributed by atoms with Gasteiger partial charge in [-0.15, -0.1) is 15.3 Å². The molecule has 0 fully saturated rings. The van der Waals surface area contributed by atoms with Crippen molar-refractivity contribution in [3.63, 3.8) is 0 Å². The van der Waals surface area contributed by atoms with Crippen LogP contribution in [0.4, 0.5) is 0 Å². The molecule has 1 aromatic carbocycles. The Morgan fingerprint density at radius 3 is 2.74 bits per heavy atom. The number of ether oxygens (including phenoxy) is 2. The van der Waals surface area contributed by atoms with E-state index in [1.54, 1.807) is 28.6 Å². The number of benzene rings is 1. The molecule has 0 spiro atoms. The molecular weight excluding hydrogens is 452 g/mol. The summed E-state index contributed by atoms with van der Waals surface area (Å²) in [6.45, 7) is 9.73. The topological polar surface area (TPSA) is 118 Å².